The molecule has 1 saturated heterocycles. The van der Waals surface area contributed by atoms with E-state index in [1.807, 2.05) is 0 Å². The molecule has 2 heteroatoms. The maximum Gasteiger partial charge on any atom is 0.0721 e. The summed E-state index contributed by atoms with van der Waals surface area (Å²) in [5, 5.41) is 14.0. The molecule has 1 saturated carbocycles. The van der Waals surface area contributed by atoms with Crippen molar-refractivity contribution >= 4 is 0 Å². The van der Waals surface area contributed by atoms with Gasteiger partial charge in [-0.2, -0.15) is 0 Å². The van der Waals surface area contributed by atoms with Gasteiger partial charge in [-0.05, 0) is 56.4 Å². The first-order valence-corrected chi connectivity index (χ1v) is 7.08. The number of aliphatic hydroxyl groups excluding tert-OH is 1. The second-order valence-corrected chi connectivity index (χ2v) is 6.22. The fourth-order valence-electron chi connectivity index (χ4n) is 3.79. The summed E-state index contributed by atoms with van der Waals surface area (Å²) in [5.41, 5.74) is 0. The van der Waals surface area contributed by atoms with E-state index in [-0.39, 0.29) is 6.10 Å². The SMILES string of the molecule is CC1CC(C)CC(C(O)C2CCCCN2)C1. The van der Waals surface area contributed by atoms with Crippen molar-refractivity contribution in [2.75, 3.05) is 6.54 Å². The third-order valence-electron chi connectivity index (χ3n) is 4.46. The topological polar surface area (TPSA) is 32.3 Å². The molecule has 16 heavy (non-hydrogen) atoms. The third-order valence-corrected chi connectivity index (χ3v) is 4.46. The van der Waals surface area contributed by atoms with Gasteiger partial charge in [-0.15, -0.1) is 0 Å². The lowest BCUT2D eigenvalue weighted by molar-refractivity contribution is 0.0207. The Labute approximate surface area is 99.8 Å². The first-order chi connectivity index (χ1) is 7.66. The van der Waals surface area contributed by atoms with Crippen LogP contribution < -0.4 is 5.32 Å². The highest BCUT2D eigenvalue weighted by atomic mass is 16.3. The maximum atomic E-state index is 10.5. The van der Waals surface area contributed by atoms with Crippen LogP contribution in [0.15, 0.2) is 0 Å². The van der Waals surface area contributed by atoms with E-state index in [4.69, 9.17) is 0 Å². The van der Waals surface area contributed by atoms with Crippen LogP contribution in [0.1, 0.15) is 52.4 Å². The minimum absolute atomic E-state index is 0.106. The molecule has 0 bridgehead atoms. The van der Waals surface area contributed by atoms with Gasteiger partial charge in [0, 0.05) is 6.04 Å². The first kappa shape index (κ1) is 12.4. The van der Waals surface area contributed by atoms with Gasteiger partial charge in [0.1, 0.15) is 0 Å². The van der Waals surface area contributed by atoms with Gasteiger partial charge >= 0.3 is 0 Å². The summed E-state index contributed by atoms with van der Waals surface area (Å²) in [6.07, 6.45) is 7.42. The van der Waals surface area contributed by atoms with E-state index >= 15 is 0 Å². The molecule has 94 valence electrons. The normalized spacial score (nSPS) is 42.9. The van der Waals surface area contributed by atoms with Gasteiger partial charge in [0.15, 0.2) is 0 Å². The van der Waals surface area contributed by atoms with Crippen molar-refractivity contribution < 1.29 is 5.11 Å². The lowest BCUT2D eigenvalue weighted by Crippen LogP contribution is -2.47. The minimum Gasteiger partial charge on any atom is -0.391 e. The molecule has 4 unspecified atom stereocenters. The van der Waals surface area contributed by atoms with Crippen molar-refractivity contribution in [1.82, 2.24) is 5.32 Å². The Morgan fingerprint density at radius 2 is 1.75 bits per heavy atom. The molecule has 2 aliphatic rings. The Balaban J connectivity index is 1.89. The number of nitrogens with one attached hydrogen (secondary N) is 1. The summed E-state index contributed by atoms with van der Waals surface area (Å²) in [7, 11) is 0. The van der Waals surface area contributed by atoms with Crippen molar-refractivity contribution in [3.63, 3.8) is 0 Å². The minimum atomic E-state index is -0.106. The summed E-state index contributed by atoms with van der Waals surface area (Å²) >= 11 is 0. The average molecular weight is 225 g/mol. The van der Waals surface area contributed by atoms with Gasteiger partial charge in [0.25, 0.3) is 0 Å². The van der Waals surface area contributed by atoms with Crippen LogP contribution in [-0.2, 0) is 0 Å². The molecule has 2 N–H and O–H groups in total. The molecule has 0 aromatic heterocycles. The fourth-order valence-corrected chi connectivity index (χ4v) is 3.79. The molecule has 0 aromatic rings. The lowest BCUT2D eigenvalue weighted by Gasteiger charge is -2.38. The molecule has 2 nitrogen and oxygen atoms in total. The second-order valence-electron chi connectivity index (χ2n) is 6.22. The van der Waals surface area contributed by atoms with Gasteiger partial charge in [-0.25, -0.2) is 0 Å². The zero-order valence-electron chi connectivity index (χ0n) is 10.8. The van der Waals surface area contributed by atoms with E-state index in [1.165, 1.54) is 38.5 Å². The highest BCUT2D eigenvalue weighted by Gasteiger charge is 2.33. The number of hydrogen-bond acceptors (Lipinski definition) is 2. The molecule has 0 spiro atoms. The zero-order chi connectivity index (χ0) is 11.5. The monoisotopic (exact) mass is 225 g/mol. The van der Waals surface area contributed by atoms with Crippen molar-refractivity contribution in [3.8, 4) is 0 Å². The summed E-state index contributed by atoms with van der Waals surface area (Å²) in [5.74, 6) is 2.13. The van der Waals surface area contributed by atoms with Crippen LogP contribution in [0.3, 0.4) is 0 Å². The van der Waals surface area contributed by atoms with Crippen LogP contribution in [0.25, 0.3) is 0 Å². The van der Waals surface area contributed by atoms with Gasteiger partial charge < -0.3 is 10.4 Å². The second kappa shape index (κ2) is 5.50. The first-order valence-electron chi connectivity index (χ1n) is 7.08. The van der Waals surface area contributed by atoms with Gasteiger partial charge in [-0.3, -0.25) is 0 Å². The molecule has 2 fully saturated rings. The molecular weight excluding hydrogens is 198 g/mol. The van der Waals surface area contributed by atoms with Crippen molar-refractivity contribution in [3.05, 3.63) is 0 Å². The Hall–Kier alpha value is -0.0800. The quantitative estimate of drug-likeness (QED) is 0.757. The van der Waals surface area contributed by atoms with Crippen LogP contribution in [0.2, 0.25) is 0 Å². The standard InChI is InChI=1S/C14H27NO/c1-10-7-11(2)9-12(8-10)14(16)13-5-3-4-6-15-13/h10-16H,3-9H2,1-2H3. The number of piperidine rings is 1. The molecular formula is C14H27NO. The highest BCUT2D eigenvalue weighted by Crippen LogP contribution is 2.36. The van der Waals surface area contributed by atoms with Crippen LogP contribution in [0.5, 0.6) is 0 Å². The Bertz CT molecular complexity index is 203. The van der Waals surface area contributed by atoms with E-state index in [1.54, 1.807) is 0 Å². The van der Waals surface area contributed by atoms with Gasteiger partial charge in [-0.1, -0.05) is 20.3 Å². The van der Waals surface area contributed by atoms with E-state index in [2.05, 4.69) is 19.2 Å². The van der Waals surface area contributed by atoms with Crippen LogP contribution in [0.4, 0.5) is 0 Å². The van der Waals surface area contributed by atoms with Crippen LogP contribution >= 0.6 is 0 Å². The van der Waals surface area contributed by atoms with E-state index < -0.39 is 0 Å². The lowest BCUT2D eigenvalue weighted by atomic mass is 9.72. The molecule has 0 radical (unpaired) electrons. The zero-order valence-corrected chi connectivity index (χ0v) is 10.8. The number of aliphatic hydroxyl groups is 1. The Morgan fingerprint density at radius 1 is 1.06 bits per heavy atom. The molecule has 4 atom stereocenters. The Kier molecular flexibility index (Phi) is 4.26. The molecule has 1 heterocycles. The van der Waals surface area contributed by atoms with Crippen LogP contribution in [-0.4, -0.2) is 23.8 Å². The largest absolute Gasteiger partial charge is 0.391 e. The number of hydrogen-bond donors (Lipinski definition) is 2. The van der Waals surface area contributed by atoms with E-state index in [0.717, 1.165) is 18.4 Å². The third kappa shape index (κ3) is 2.98. The van der Waals surface area contributed by atoms with Gasteiger partial charge in [0.2, 0.25) is 0 Å². The summed E-state index contributed by atoms with van der Waals surface area (Å²) in [6.45, 7) is 5.77. The summed E-state index contributed by atoms with van der Waals surface area (Å²) in [6, 6.07) is 0.372. The smallest absolute Gasteiger partial charge is 0.0721 e. The van der Waals surface area contributed by atoms with E-state index in [9.17, 15) is 5.11 Å². The van der Waals surface area contributed by atoms with Crippen molar-refractivity contribution in [2.45, 2.75) is 64.5 Å². The summed E-state index contributed by atoms with van der Waals surface area (Å²) in [4.78, 5) is 0. The van der Waals surface area contributed by atoms with E-state index in [0.29, 0.717) is 12.0 Å². The van der Waals surface area contributed by atoms with Crippen molar-refractivity contribution in [1.29, 1.82) is 0 Å². The highest BCUT2D eigenvalue weighted by molar-refractivity contribution is 4.88. The van der Waals surface area contributed by atoms with Gasteiger partial charge in [0.05, 0.1) is 6.10 Å². The molecule has 2 rings (SSSR count). The number of rotatable bonds is 2. The van der Waals surface area contributed by atoms with Crippen molar-refractivity contribution in [2.24, 2.45) is 17.8 Å². The Morgan fingerprint density at radius 3 is 2.31 bits per heavy atom. The predicted molar refractivity (Wildman–Crippen MR) is 67.3 cm³/mol. The molecule has 0 aromatic carbocycles. The average Bonchev–Trinajstić information content (AvgIpc) is 2.28. The predicted octanol–water partition coefficient (Wildman–Crippen LogP) is 2.56. The molecule has 1 aliphatic heterocycles. The maximum absolute atomic E-state index is 10.5. The molecule has 1 aliphatic carbocycles. The van der Waals surface area contributed by atoms with Crippen LogP contribution in [0, 0.1) is 17.8 Å². The fraction of sp³-hybridized carbons (Fsp3) is 1.00. The summed E-state index contributed by atoms with van der Waals surface area (Å²) < 4.78 is 0. The molecule has 0 amide bonds.